The lowest BCUT2D eigenvalue weighted by atomic mass is 9.96. The number of benzene rings is 1. The van der Waals surface area contributed by atoms with Gasteiger partial charge in [-0.2, -0.15) is 0 Å². The highest BCUT2D eigenvalue weighted by Gasteiger charge is 2.15. The van der Waals surface area contributed by atoms with Crippen LogP contribution in [0.25, 0.3) is 0 Å². The largest absolute Gasteiger partial charge is 0.439 e. The van der Waals surface area contributed by atoms with Gasteiger partial charge in [0.15, 0.2) is 5.96 Å². The summed E-state index contributed by atoms with van der Waals surface area (Å²) in [6.45, 7) is 0.519. The number of nitrogens with zero attached hydrogens (tertiary/aromatic N) is 2. The molecule has 1 fully saturated rings. The predicted octanol–water partition coefficient (Wildman–Crippen LogP) is 4.01. The Bertz CT molecular complexity index is 744. The van der Waals surface area contributed by atoms with E-state index in [4.69, 9.17) is 4.74 Å². The van der Waals surface area contributed by atoms with Crippen LogP contribution in [0.5, 0.6) is 11.6 Å². The van der Waals surface area contributed by atoms with E-state index in [0.717, 1.165) is 11.5 Å². The second-order valence-corrected chi connectivity index (χ2v) is 6.43. The van der Waals surface area contributed by atoms with Gasteiger partial charge in [0.25, 0.3) is 0 Å². The highest BCUT2D eigenvalue weighted by Crippen LogP contribution is 2.23. The number of halogens is 1. The summed E-state index contributed by atoms with van der Waals surface area (Å²) < 4.78 is 19.1. The predicted molar refractivity (Wildman–Crippen MR) is 101 cm³/mol. The van der Waals surface area contributed by atoms with E-state index in [9.17, 15) is 4.39 Å². The lowest BCUT2D eigenvalue weighted by Crippen LogP contribution is -2.43. The summed E-state index contributed by atoms with van der Waals surface area (Å²) in [6.07, 6.45) is 7.88. The van der Waals surface area contributed by atoms with Crippen molar-refractivity contribution < 1.29 is 9.13 Å². The van der Waals surface area contributed by atoms with Crippen molar-refractivity contribution in [3.63, 3.8) is 0 Å². The summed E-state index contributed by atoms with van der Waals surface area (Å²) in [5.41, 5.74) is 0.878. The molecule has 0 aliphatic heterocycles. The Morgan fingerprint density at radius 1 is 1.23 bits per heavy atom. The summed E-state index contributed by atoms with van der Waals surface area (Å²) in [5.74, 6) is 1.32. The lowest BCUT2D eigenvalue weighted by molar-refractivity contribution is 0.409. The summed E-state index contributed by atoms with van der Waals surface area (Å²) in [5, 5.41) is 6.80. The third kappa shape index (κ3) is 5.18. The fraction of sp³-hybridized carbons (Fsp3) is 0.400. The van der Waals surface area contributed by atoms with E-state index in [1.54, 1.807) is 25.4 Å². The lowest BCUT2D eigenvalue weighted by Gasteiger charge is -2.25. The van der Waals surface area contributed by atoms with Crippen molar-refractivity contribution in [1.29, 1.82) is 0 Å². The molecule has 0 saturated heterocycles. The number of aliphatic imine (C=N–C) groups is 1. The van der Waals surface area contributed by atoms with Crippen LogP contribution in [0.1, 0.15) is 37.7 Å². The molecule has 2 aromatic rings. The molecule has 1 aromatic carbocycles. The number of ether oxygens (including phenoxy) is 1. The third-order valence-electron chi connectivity index (χ3n) is 4.48. The molecule has 5 nitrogen and oxygen atoms in total. The van der Waals surface area contributed by atoms with E-state index in [-0.39, 0.29) is 5.82 Å². The highest BCUT2D eigenvalue weighted by atomic mass is 19.1. The van der Waals surface area contributed by atoms with Crippen molar-refractivity contribution in [2.24, 2.45) is 4.99 Å². The molecule has 2 N–H and O–H groups in total. The summed E-state index contributed by atoms with van der Waals surface area (Å²) in [6, 6.07) is 10.3. The van der Waals surface area contributed by atoms with Crippen LogP contribution in [0.3, 0.4) is 0 Å². The van der Waals surface area contributed by atoms with Gasteiger partial charge in [-0.25, -0.2) is 9.37 Å². The normalized spacial score (nSPS) is 15.5. The van der Waals surface area contributed by atoms with Crippen LogP contribution < -0.4 is 15.4 Å². The molecule has 26 heavy (non-hydrogen) atoms. The molecular weight excluding hydrogens is 331 g/mol. The molecular formula is C20H25FN4O. The standard InChI is InChI=1S/C20H25FN4O/c1-22-20(25-17-9-3-2-4-10-17)24-14-15-7-6-12-23-19(15)26-18-11-5-8-16(21)13-18/h5-8,11-13,17H,2-4,9-10,14H2,1H3,(H2,22,24,25). The van der Waals surface area contributed by atoms with Gasteiger partial charge in [-0.3, -0.25) is 4.99 Å². The van der Waals surface area contributed by atoms with Crippen molar-refractivity contribution in [2.75, 3.05) is 7.05 Å². The van der Waals surface area contributed by atoms with E-state index in [0.29, 0.717) is 24.2 Å². The minimum atomic E-state index is -0.338. The van der Waals surface area contributed by atoms with E-state index >= 15 is 0 Å². The Morgan fingerprint density at radius 2 is 2.08 bits per heavy atom. The summed E-state index contributed by atoms with van der Waals surface area (Å²) >= 11 is 0. The maximum absolute atomic E-state index is 13.4. The fourth-order valence-electron chi connectivity index (χ4n) is 3.11. The first kappa shape index (κ1) is 18.2. The van der Waals surface area contributed by atoms with E-state index in [1.807, 2.05) is 12.1 Å². The number of guanidine groups is 1. The topological polar surface area (TPSA) is 58.5 Å². The van der Waals surface area contributed by atoms with Gasteiger partial charge in [0.1, 0.15) is 11.6 Å². The van der Waals surface area contributed by atoms with Crippen LogP contribution in [-0.4, -0.2) is 24.0 Å². The molecule has 3 rings (SSSR count). The second-order valence-electron chi connectivity index (χ2n) is 6.43. The number of rotatable bonds is 5. The third-order valence-corrected chi connectivity index (χ3v) is 4.48. The molecule has 0 amide bonds. The molecule has 1 heterocycles. The molecule has 1 aromatic heterocycles. The SMILES string of the molecule is CN=C(NCc1cccnc1Oc1cccc(F)c1)NC1CCCCC1. The van der Waals surface area contributed by atoms with Crippen molar-refractivity contribution in [2.45, 2.75) is 44.7 Å². The van der Waals surface area contributed by atoms with Gasteiger partial charge in [0, 0.05) is 37.5 Å². The zero-order chi connectivity index (χ0) is 18.2. The molecule has 138 valence electrons. The molecule has 6 heteroatoms. The van der Waals surface area contributed by atoms with E-state index in [1.165, 1.54) is 44.2 Å². The van der Waals surface area contributed by atoms with Crippen molar-refractivity contribution in [3.8, 4) is 11.6 Å². The Hall–Kier alpha value is -2.63. The molecule has 0 spiro atoms. The van der Waals surface area contributed by atoms with E-state index < -0.39 is 0 Å². The van der Waals surface area contributed by atoms with Gasteiger partial charge in [-0.15, -0.1) is 0 Å². The quantitative estimate of drug-likeness (QED) is 0.628. The smallest absolute Gasteiger partial charge is 0.224 e. The van der Waals surface area contributed by atoms with Crippen molar-refractivity contribution in [3.05, 3.63) is 54.0 Å². The van der Waals surface area contributed by atoms with Crippen LogP contribution in [0.15, 0.2) is 47.6 Å². The number of pyridine rings is 1. The molecule has 1 aliphatic rings. The minimum Gasteiger partial charge on any atom is -0.439 e. The molecule has 1 aliphatic carbocycles. The first-order valence-electron chi connectivity index (χ1n) is 9.09. The number of aromatic nitrogens is 1. The van der Waals surface area contributed by atoms with Crippen LogP contribution in [0, 0.1) is 5.82 Å². The zero-order valence-corrected chi connectivity index (χ0v) is 15.0. The van der Waals surface area contributed by atoms with Gasteiger partial charge in [-0.05, 0) is 31.0 Å². The number of hydrogen-bond acceptors (Lipinski definition) is 3. The van der Waals surface area contributed by atoms with Crippen LogP contribution >= 0.6 is 0 Å². The maximum atomic E-state index is 13.4. The van der Waals surface area contributed by atoms with Crippen LogP contribution in [0.2, 0.25) is 0 Å². The molecule has 0 unspecified atom stereocenters. The highest BCUT2D eigenvalue weighted by molar-refractivity contribution is 5.80. The molecule has 0 bridgehead atoms. The summed E-state index contributed by atoms with van der Waals surface area (Å²) in [4.78, 5) is 8.58. The Labute approximate surface area is 153 Å². The van der Waals surface area contributed by atoms with Crippen molar-refractivity contribution >= 4 is 5.96 Å². The van der Waals surface area contributed by atoms with Gasteiger partial charge < -0.3 is 15.4 Å². The first-order valence-corrected chi connectivity index (χ1v) is 9.09. The van der Waals surface area contributed by atoms with Crippen molar-refractivity contribution in [1.82, 2.24) is 15.6 Å². The van der Waals surface area contributed by atoms with Gasteiger partial charge in [0.05, 0.1) is 0 Å². The average Bonchev–Trinajstić information content (AvgIpc) is 2.67. The van der Waals surface area contributed by atoms with Gasteiger partial charge in [0.2, 0.25) is 5.88 Å². The average molecular weight is 356 g/mol. The fourth-order valence-corrected chi connectivity index (χ4v) is 3.11. The monoisotopic (exact) mass is 356 g/mol. The Morgan fingerprint density at radius 3 is 2.85 bits per heavy atom. The number of nitrogens with one attached hydrogen (secondary N) is 2. The van der Waals surface area contributed by atoms with Crippen LogP contribution in [-0.2, 0) is 6.54 Å². The Balaban J connectivity index is 1.62. The Kier molecular flexibility index (Phi) is 6.41. The van der Waals surface area contributed by atoms with E-state index in [2.05, 4.69) is 20.6 Å². The van der Waals surface area contributed by atoms with Crippen LogP contribution in [0.4, 0.5) is 4.39 Å². The zero-order valence-electron chi connectivity index (χ0n) is 15.0. The summed E-state index contributed by atoms with van der Waals surface area (Å²) in [7, 11) is 1.77. The minimum absolute atomic E-state index is 0.338. The molecule has 0 radical (unpaired) electrons. The van der Waals surface area contributed by atoms with Gasteiger partial charge >= 0.3 is 0 Å². The molecule has 0 atom stereocenters. The van der Waals surface area contributed by atoms with Gasteiger partial charge in [-0.1, -0.05) is 31.4 Å². The second kappa shape index (κ2) is 9.17. The molecule has 1 saturated carbocycles. The first-order chi connectivity index (χ1) is 12.7. The number of hydrogen-bond donors (Lipinski definition) is 2. The maximum Gasteiger partial charge on any atom is 0.224 e.